The quantitative estimate of drug-likeness (QED) is 0.895. The summed E-state index contributed by atoms with van der Waals surface area (Å²) in [4.78, 5) is 13.9. The Balaban J connectivity index is 1.95. The van der Waals surface area contributed by atoms with Gasteiger partial charge in [0.25, 0.3) is 0 Å². The van der Waals surface area contributed by atoms with Crippen LogP contribution in [0.3, 0.4) is 0 Å². The van der Waals surface area contributed by atoms with Gasteiger partial charge in [0, 0.05) is 17.8 Å². The molecule has 2 unspecified atom stereocenters. The van der Waals surface area contributed by atoms with E-state index in [0.717, 1.165) is 37.9 Å². The molecule has 1 fully saturated rings. The summed E-state index contributed by atoms with van der Waals surface area (Å²) in [5.41, 5.74) is 0.226. The first-order valence-electron chi connectivity index (χ1n) is 7.14. The van der Waals surface area contributed by atoms with Crippen LogP contribution in [0.15, 0.2) is 18.2 Å². The molecular weight excluding hydrogens is 278 g/mol. The lowest BCUT2D eigenvalue weighted by molar-refractivity contribution is -0.118. The first kappa shape index (κ1) is 15.9. The third-order valence-corrected chi connectivity index (χ3v) is 3.77. The molecule has 1 heterocycles. The summed E-state index contributed by atoms with van der Waals surface area (Å²) in [6.45, 7) is 2.60. The zero-order chi connectivity index (χ0) is 15.4. The van der Waals surface area contributed by atoms with E-state index in [1.54, 1.807) is 6.92 Å². The number of amides is 1. The van der Waals surface area contributed by atoms with Crippen LogP contribution in [0.5, 0.6) is 0 Å². The van der Waals surface area contributed by atoms with Gasteiger partial charge in [0.15, 0.2) is 11.6 Å². The van der Waals surface area contributed by atoms with Crippen molar-refractivity contribution < 1.29 is 18.7 Å². The first-order valence-corrected chi connectivity index (χ1v) is 7.14. The fourth-order valence-corrected chi connectivity index (χ4v) is 2.72. The van der Waals surface area contributed by atoms with Crippen molar-refractivity contribution in [3.8, 4) is 0 Å². The molecule has 21 heavy (non-hydrogen) atoms. The van der Waals surface area contributed by atoms with Crippen molar-refractivity contribution in [2.75, 3.05) is 18.4 Å². The molecule has 0 aromatic heterocycles. The highest BCUT2D eigenvalue weighted by atomic mass is 19.2. The van der Waals surface area contributed by atoms with Gasteiger partial charge in [0.05, 0.1) is 12.6 Å². The molecule has 116 valence electrons. The number of carbonyl (C=O) groups excluding carboxylic acids is 1. The monoisotopic (exact) mass is 298 g/mol. The summed E-state index contributed by atoms with van der Waals surface area (Å²) in [7, 11) is 0. The Labute approximate surface area is 122 Å². The second-order valence-corrected chi connectivity index (χ2v) is 5.45. The van der Waals surface area contributed by atoms with Crippen LogP contribution in [-0.2, 0) is 4.79 Å². The molecule has 1 aliphatic heterocycles. The number of aliphatic hydroxyl groups is 1. The normalized spacial score (nSPS) is 21.0. The van der Waals surface area contributed by atoms with Crippen molar-refractivity contribution in [2.24, 2.45) is 0 Å². The van der Waals surface area contributed by atoms with E-state index in [0.29, 0.717) is 0 Å². The van der Waals surface area contributed by atoms with Crippen molar-refractivity contribution >= 4 is 11.6 Å². The zero-order valence-corrected chi connectivity index (χ0v) is 12.0. The largest absolute Gasteiger partial charge is 0.392 e. The van der Waals surface area contributed by atoms with Crippen molar-refractivity contribution in [1.29, 1.82) is 0 Å². The summed E-state index contributed by atoms with van der Waals surface area (Å²) in [5, 5.41) is 12.3. The fourth-order valence-electron chi connectivity index (χ4n) is 2.72. The Morgan fingerprint density at radius 3 is 2.86 bits per heavy atom. The standard InChI is InChI=1S/C15H20F2N2O2/c1-10(20)14-4-2-3-7-19(14)9-15(21)18-11-5-6-12(16)13(17)8-11/h5-6,8,10,14,20H,2-4,7,9H2,1H3,(H,18,21). The van der Waals surface area contributed by atoms with Gasteiger partial charge >= 0.3 is 0 Å². The van der Waals surface area contributed by atoms with Crippen molar-refractivity contribution in [3.63, 3.8) is 0 Å². The van der Waals surface area contributed by atoms with E-state index in [4.69, 9.17) is 0 Å². The van der Waals surface area contributed by atoms with Gasteiger partial charge < -0.3 is 10.4 Å². The van der Waals surface area contributed by atoms with Crippen LogP contribution in [-0.4, -0.2) is 41.1 Å². The Kier molecular flexibility index (Phi) is 5.25. The number of piperidine rings is 1. The van der Waals surface area contributed by atoms with Gasteiger partial charge in [-0.25, -0.2) is 8.78 Å². The van der Waals surface area contributed by atoms with E-state index < -0.39 is 17.7 Å². The van der Waals surface area contributed by atoms with Crippen molar-refractivity contribution in [2.45, 2.75) is 38.3 Å². The fraction of sp³-hybridized carbons (Fsp3) is 0.533. The molecule has 4 nitrogen and oxygen atoms in total. The number of hydrogen-bond donors (Lipinski definition) is 2. The number of carbonyl (C=O) groups is 1. The van der Waals surface area contributed by atoms with Gasteiger partial charge in [-0.15, -0.1) is 0 Å². The van der Waals surface area contributed by atoms with Crippen molar-refractivity contribution in [3.05, 3.63) is 29.8 Å². The van der Waals surface area contributed by atoms with E-state index in [2.05, 4.69) is 5.32 Å². The van der Waals surface area contributed by atoms with Gasteiger partial charge in [-0.05, 0) is 38.4 Å². The predicted octanol–water partition coefficient (Wildman–Crippen LogP) is 2.14. The number of rotatable bonds is 4. The van der Waals surface area contributed by atoms with Crippen LogP contribution in [0, 0.1) is 11.6 Å². The number of nitrogens with zero attached hydrogens (tertiary/aromatic N) is 1. The third kappa shape index (κ3) is 4.22. The topological polar surface area (TPSA) is 52.6 Å². The minimum Gasteiger partial charge on any atom is -0.392 e. The number of hydrogen-bond acceptors (Lipinski definition) is 3. The summed E-state index contributed by atoms with van der Waals surface area (Å²) in [6.07, 6.45) is 2.38. The highest BCUT2D eigenvalue weighted by Crippen LogP contribution is 2.20. The number of halogens is 2. The predicted molar refractivity (Wildman–Crippen MR) is 75.9 cm³/mol. The Bertz CT molecular complexity index is 508. The molecule has 0 aliphatic carbocycles. The summed E-state index contributed by atoms with van der Waals surface area (Å²) >= 11 is 0. The second kappa shape index (κ2) is 6.95. The summed E-state index contributed by atoms with van der Waals surface area (Å²) in [6, 6.07) is 3.22. The highest BCUT2D eigenvalue weighted by molar-refractivity contribution is 5.92. The van der Waals surface area contributed by atoms with Gasteiger partial charge in [-0.3, -0.25) is 9.69 Å². The number of likely N-dealkylation sites (tertiary alicyclic amines) is 1. The molecule has 1 aliphatic rings. The lowest BCUT2D eigenvalue weighted by Crippen LogP contribution is -2.48. The van der Waals surface area contributed by atoms with Crippen LogP contribution < -0.4 is 5.32 Å². The first-order chi connectivity index (χ1) is 9.97. The summed E-state index contributed by atoms with van der Waals surface area (Å²) in [5.74, 6) is -2.24. The number of aliphatic hydroxyl groups excluding tert-OH is 1. The molecule has 0 spiro atoms. The molecule has 2 N–H and O–H groups in total. The van der Waals surface area contributed by atoms with E-state index in [1.165, 1.54) is 6.07 Å². The molecule has 1 saturated heterocycles. The molecule has 2 atom stereocenters. The molecule has 1 aromatic rings. The molecular formula is C15H20F2N2O2. The lowest BCUT2D eigenvalue weighted by Gasteiger charge is -2.36. The Morgan fingerprint density at radius 2 is 2.19 bits per heavy atom. The number of anilines is 1. The molecule has 1 aromatic carbocycles. The second-order valence-electron chi connectivity index (χ2n) is 5.45. The average molecular weight is 298 g/mol. The Hall–Kier alpha value is -1.53. The van der Waals surface area contributed by atoms with Crippen LogP contribution >= 0.6 is 0 Å². The molecule has 0 radical (unpaired) electrons. The zero-order valence-electron chi connectivity index (χ0n) is 12.0. The lowest BCUT2D eigenvalue weighted by atomic mass is 9.98. The van der Waals surface area contributed by atoms with Gasteiger partial charge in [0.1, 0.15) is 0 Å². The third-order valence-electron chi connectivity index (χ3n) is 3.77. The SMILES string of the molecule is CC(O)C1CCCCN1CC(=O)Nc1ccc(F)c(F)c1. The maximum absolute atomic E-state index is 13.1. The van der Waals surface area contributed by atoms with E-state index in [-0.39, 0.29) is 24.2 Å². The molecule has 6 heteroatoms. The number of nitrogens with one attached hydrogen (secondary N) is 1. The molecule has 0 bridgehead atoms. The maximum Gasteiger partial charge on any atom is 0.238 e. The smallest absolute Gasteiger partial charge is 0.238 e. The Morgan fingerprint density at radius 1 is 1.43 bits per heavy atom. The maximum atomic E-state index is 13.1. The van der Waals surface area contributed by atoms with Crippen LogP contribution in [0.4, 0.5) is 14.5 Å². The van der Waals surface area contributed by atoms with Crippen LogP contribution in [0.2, 0.25) is 0 Å². The minimum absolute atomic E-state index is 0.0329. The van der Waals surface area contributed by atoms with Crippen LogP contribution in [0.1, 0.15) is 26.2 Å². The summed E-state index contributed by atoms with van der Waals surface area (Å²) < 4.78 is 25.9. The molecule has 0 saturated carbocycles. The number of benzene rings is 1. The van der Waals surface area contributed by atoms with E-state index >= 15 is 0 Å². The van der Waals surface area contributed by atoms with Gasteiger partial charge in [0.2, 0.25) is 5.91 Å². The van der Waals surface area contributed by atoms with Crippen LogP contribution in [0.25, 0.3) is 0 Å². The van der Waals surface area contributed by atoms with Gasteiger partial charge in [-0.2, -0.15) is 0 Å². The average Bonchev–Trinajstić information content (AvgIpc) is 2.43. The van der Waals surface area contributed by atoms with Crippen molar-refractivity contribution in [1.82, 2.24) is 4.90 Å². The highest BCUT2D eigenvalue weighted by Gasteiger charge is 2.27. The van der Waals surface area contributed by atoms with E-state index in [1.807, 2.05) is 4.90 Å². The molecule has 2 rings (SSSR count). The van der Waals surface area contributed by atoms with E-state index in [9.17, 15) is 18.7 Å². The minimum atomic E-state index is -0.993. The molecule has 1 amide bonds. The van der Waals surface area contributed by atoms with Gasteiger partial charge in [-0.1, -0.05) is 6.42 Å².